The van der Waals surface area contributed by atoms with Gasteiger partial charge in [0, 0.05) is 11.0 Å². The van der Waals surface area contributed by atoms with E-state index < -0.39 is 0 Å². The minimum absolute atomic E-state index is 0.0402. The normalized spacial score (nSPS) is 10.0. The number of hydrogen-bond donors (Lipinski definition) is 1. The Balaban J connectivity index is 2.67. The third-order valence-electron chi connectivity index (χ3n) is 2.33. The summed E-state index contributed by atoms with van der Waals surface area (Å²) < 4.78 is 0.972. The lowest BCUT2D eigenvalue weighted by molar-refractivity contribution is -0.129. The summed E-state index contributed by atoms with van der Waals surface area (Å²) in [5.74, 6) is 0.0402. The minimum atomic E-state index is 0.0402. The highest BCUT2D eigenvalue weighted by atomic mass is 79.9. The fourth-order valence-corrected chi connectivity index (χ4v) is 2.10. The van der Waals surface area contributed by atoms with Gasteiger partial charge in [0.1, 0.15) is 0 Å². The average Bonchev–Trinajstić information content (AvgIpc) is 2.25. The van der Waals surface area contributed by atoms with E-state index in [9.17, 15) is 4.79 Å². The van der Waals surface area contributed by atoms with Crippen LogP contribution >= 0.6 is 28.1 Å². The zero-order valence-corrected chi connectivity index (χ0v) is 12.1. The molecular weight excluding hydrogens is 300 g/mol. The molecule has 0 saturated heterocycles. The predicted molar refractivity (Wildman–Crippen MR) is 76.9 cm³/mol. The van der Waals surface area contributed by atoms with Crippen LogP contribution in [0.1, 0.15) is 12.5 Å². The molecular formula is C12H15BrN2OS. The number of nitrogens with zero attached hydrogens (tertiary/aromatic N) is 1. The van der Waals surface area contributed by atoms with Crippen molar-refractivity contribution in [2.45, 2.75) is 13.3 Å². The fourth-order valence-electron chi connectivity index (χ4n) is 1.50. The summed E-state index contributed by atoms with van der Waals surface area (Å²) in [6.07, 6.45) is 0.371. The van der Waals surface area contributed by atoms with E-state index in [4.69, 9.17) is 18.0 Å². The van der Waals surface area contributed by atoms with Gasteiger partial charge in [-0.15, -0.1) is 0 Å². The average molecular weight is 315 g/mol. The molecule has 0 aromatic heterocycles. The number of likely N-dealkylation sites (N-methyl/N-ethyl adjacent to an activating group) is 1. The maximum absolute atomic E-state index is 12.0. The topological polar surface area (TPSA) is 46.3 Å². The Kier molecular flexibility index (Phi) is 5.58. The van der Waals surface area contributed by atoms with Gasteiger partial charge in [-0.05, 0) is 24.6 Å². The third kappa shape index (κ3) is 4.83. The Labute approximate surface area is 115 Å². The molecule has 17 heavy (non-hydrogen) atoms. The van der Waals surface area contributed by atoms with E-state index in [1.807, 2.05) is 31.2 Å². The van der Waals surface area contributed by atoms with Crippen LogP contribution in [0.15, 0.2) is 28.7 Å². The summed E-state index contributed by atoms with van der Waals surface area (Å²) in [6, 6.07) is 7.71. The van der Waals surface area contributed by atoms with E-state index in [0.29, 0.717) is 24.5 Å². The Hall–Kier alpha value is -0.940. The van der Waals surface area contributed by atoms with Gasteiger partial charge < -0.3 is 10.6 Å². The van der Waals surface area contributed by atoms with E-state index in [1.165, 1.54) is 0 Å². The second-order valence-electron chi connectivity index (χ2n) is 3.68. The van der Waals surface area contributed by atoms with Gasteiger partial charge in [0.05, 0.1) is 18.0 Å². The molecule has 0 aliphatic carbocycles. The van der Waals surface area contributed by atoms with Crippen LogP contribution in [-0.4, -0.2) is 28.9 Å². The Morgan fingerprint density at radius 1 is 1.53 bits per heavy atom. The zero-order chi connectivity index (χ0) is 12.8. The Morgan fingerprint density at radius 3 is 2.76 bits per heavy atom. The second kappa shape index (κ2) is 6.71. The van der Waals surface area contributed by atoms with Crippen molar-refractivity contribution in [1.82, 2.24) is 4.90 Å². The van der Waals surface area contributed by atoms with Crippen LogP contribution in [0.25, 0.3) is 0 Å². The van der Waals surface area contributed by atoms with Crippen LogP contribution in [0.5, 0.6) is 0 Å². The standard InChI is InChI=1S/C12H15BrN2OS/c1-2-15(8-11(14)17)12(16)7-9-4-3-5-10(13)6-9/h3-6H,2,7-8H2,1H3,(H2,14,17). The smallest absolute Gasteiger partial charge is 0.227 e. The monoisotopic (exact) mass is 314 g/mol. The van der Waals surface area contributed by atoms with E-state index in [-0.39, 0.29) is 5.91 Å². The van der Waals surface area contributed by atoms with Crippen molar-refractivity contribution in [3.05, 3.63) is 34.3 Å². The molecule has 0 aliphatic heterocycles. The van der Waals surface area contributed by atoms with Gasteiger partial charge in [0.15, 0.2) is 0 Å². The summed E-state index contributed by atoms with van der Waals surface area (Å²) in [6.45, 7) is 2.87. The first kappa shape index (κ1) is 14.1. The second-order valence-corrected chi connectivity index (χ2v) is 5.12. The van der Waals surface area contributed by atoms with Gasteiger partial charge in [-0.1, -0.05) is 40.3 Å². The van der Waals surface area contributed by atoms with Gasteiger partial charge >= 0.3 is 0 Å². The number of rotatable bonds is 5. The van der Waals surface area contributed by atoms with Crippen molar-refractivity contribution >= 4 is 39.0 Å². The molecule has 2 N–H and O–H groups in total. The largest absolute Gasteiger partial charge is 0.392 e. The molecule has 0 unspecified atom stereocenters. The summed E-state index contributed by atoms with van der Waals surface area (Å²) >= 11 is 8.20. The van der Waals surface area contributed by atoms with E-state index in [1.54, 1.807) is 4.90 Å². The molecule has 3 nitrogen and oxygen atoms in total. The number of carbonyl (C=O) groups is 1. The number of amides is 1. The first-order chi connectivity index (χ1) is 8.02. The van der Waals surface area contributed by atoms with Crippen LogP contribution in [0.4, 0.5) is 0 Å². The Morgan fingerprint density at radius 2 is 2.24 bits per heavy atom. The highest BCUT2D eigenvalue weighted by Crippen LogP contribution is 2.12. The number of thiocarbonyl (C=S) groups is 1. The van der Waals surface area contributed by atoms with Crippen molar-refractivity contribution in [1.29, 1.82) is 0 Å². The third-order valence-corrected chi connectivity index (χ3v) is 2.95. The van der Waals surface area contributed by atoms with Crippen molar-refractivity contribution in [2.24, 2.45) is 5.73 Å². The molecule has 0 fully saturated rings. The summed E-state index contributed by atoms with van der Waals surface area (Å²) in [5, 5.41) is 0. The van der Waals surface area contributed by atoms with Gasteiger partial charge in [-0.2, -0.15) is 0 Å². The molecule has 0 aliphatic rings. The molecule has 0 saturated carbocycles. The number of hydrogen-bond acceptors (Lipinski definition) is 2. The van der Waals surface area contributed by atoms with E-state index in [2.05, 4.69) is 15.9 Å². The van der Waals surface area contributed by atoms with Crippen molar-refractivity contribution in [2.75, 3.05) is 13.1 Å². The molecule has 0 spiro atoms. The molecule has 0 heterocycles. The lowest BCUT2D eigenvalue weighted by atomic mass is 10.1. The van der Waals surface area contributed by atoms with Crippen LogP contribution in [-0.2, 0) is 11.2 Å². The molecule has 92 valence electrons. The van der Waals surface area contributed by atoms with Crippen LogP contribution in [0.3, 0.4) is 0 Å². The SMILES string of the molecule is CCN(CC(N)=S)C(=O)Cc1cccc(Br)c1. The van der Waals surface area contributed by atoms with Gasteiger partial charge in [0.2, 0.25) is 5.91 Å². The fraction of sp³-hybridized carbons (Fsp3) is 0.333. The first-order valence-electron chi connectivity index (χ1n) is 5.33. The van der Waals surface area contributed by atoms with Crippen molar-refractivity contribution in [3.8, 4) is 0 Å². The Bertz CT molecular complexity index is 423. The summed E-state index contributed by atoms with van der Waals surface area (Å²) in [4.78, 5) is 14.0. The van der Waals surface area contributed by atoms with Crippen LogP contribution < -0.4 is 5.73 Å². The van der Waals surface area contributed by atoms with Gasteiger partial charge in [0.25, 0.3) is 0 Å². The highest BCUT2D eigenvalue weighted by Gasteiger charge is 2.12. The first-order valence-corrected chi connectivity index (χ1v) is 6.53. The quantitative estimate of drug-likeness (QED) is 0.847. The predicted octanol–water partition coefficient (Wildman–Crippen LogP) is 2.13. The lowest BCUT2D eigenvalue weighted by Gasteiger charge is -2.20. The maximum atomic E-state index is 12.0. The zero-order valence-electron chi connectivity index (χ0n) is 9.65. The number of carbonyl (C=O) groups excluding carboxylic acids is 1. The molecule has 1 rings (SSSR count). The van der Waals surface area contributed by atoms with Gasteiger partial charge in [-0.3, -0.25) is 4.79 Å². The number of halogens is 1. The molecule has 0 atom stereocenters. The van der Waals surface area contributed by atoms with E-state index in [0.717, 1.165) is 10.0 Å². The highest BCUT2D eigenvalue weighted by molar-refractivity contribution is 9.10. The van der Waals surface area contributed by atoms with Gasteiger partial charge in [-0.25, -0.2) is 0 Å². The minimum Gasteiger partial charge on any atom is -0.392 e. The van der Waals surface area contributed by atoms with Crippen LogP contribution in [0, 0.1) is 0 Å². The lowest BCUT2D eigenvalue weighted by Crippen LogP contribution is -2.38. The maximum Gasteiger partial charge on any atom is 0.227 e. The summed E-state index contributed by atoms with van der Waals surface area (Å²) in [5.41, 5.74) is 6.43. The molecule has 1 aromatic carbocycles. The molecule has 1 amide bonds. The number of benzene rings is 1. The molecule has 0 bridgehead atoms. The molecule has 5 heteroatoms. The number of nitrogens with two attached hydrogens (primary N) is 1. The van der Waals surface area contributed by atoms with Crippen molar-refractivity contribution in [3.63, 3.8) is 0 Å². The van der Waals surface area contributed by atoms with Crippen molar-refractivity contribution < 1.29 is 4.79 Å². The molecule has 0 radical (unpaired) electrons. The molecule has 1 aromatic rings. The van der Waals surface area contributed by atoms with Crippen LogP contribution in [0.2, 0.25) is 0 Å². The summed E-state index contributed by atoms with van der Waals surface area (Å²) in [7, 11) is 0. The van der Waals surface area contributed by atoms with E-state index >= 15 is 0 Å².